The second-order valence-electron chi connectivity index (χ2n) is 13.7. The third kappa shape index (κ3) is 33.8. The van der Waals surface area contributed by atoms with Crippen LogP contribution in [0.25, 0.3) is 0 Å². The molecule has 0 radical (unpaired) electrons. The zero-order valence-electron chi connectivity index (χ0n) is 32.0. The van der Waals surface area contributed by atoms with Gasteiger partial charge in [-0.2, -0.15) is 0 Å². The number of allylic oxidation sites excluding steroid dienone is 5. The molecule has 0 aliphatic carbocycles. The maximum absolute atomic E-state index is 12.8. The molecule has 1 amide bonds. The summed E-state index contributed by atoms with van der Waals surface area (Å²) in [5.41, 5.74) is 5.35. The molecule has 9 nitrogen and oxygen atoms in total. The molecule has 0 aromatic carbocycles. The van der Waals surface area contributed by atoms with E-state index in [1.165, 1.54) is 89.9 Å². The van der Waals surface area contributed by atoms with E-state index in [9.17, 15) is 24.5 Å². The smallest absolute Gasteiger partial charge is 0.393 e. The van der Waals surface area contributed by atoms with Gasteiger partial charge in [-0.15, -0.1) is 0 Å². The van der Waals surface area contributed by atoms with Crippen molar-refractivity contribution in [1.29, 1.82) is 0 Å². The van der Waals surface area contributed by atoms with Crippen molar-refractivity contribution in [2.45, 2.75) is 193 Å². The SMILES string of the molecule is CCCCC/C=C\C=C/CCCCCCC(O)CC(=O)NC(COP(=O)(O)OCCN)C(O)/C=C/CCCCCCCCCCCCCCC. The van der Waals surface area contributed by atoms with E-state index in [-0.39, 0.29) is 19.6 Å². The highest BCUT2D eigenvalue weighted by Crippen LogP contribution is 2.43. The highest BCUT2D eigenvalue weighted by Gasteiger charge is 2.27. The number of rotatable bonds is 37. The Hall–Kier alpha value is -1.32. The minimum atomic E-state index is -4.40. The van der Waals surface area contributed by atoms with Crippen molar-refractivity contribution in [2.75, 3.05) is 19.8 Å². The van der Waals surface area contributed by atoms with E-state index in [1.807, 2.05) is 6.08 Å². The summed E-state index contributed by atoms with van der Waals surface area (Å²) in [5, 5.41) is 23.9. The fourth-order valence-electron chi connectivity index (χ4n) is 5.69. The molecule has 4 unspecified atom stereocenters. The minimum Gasteiger partial charge on any atom is -0.393 e. The number of amides is 1. The summed E-state index contributed by atoms with van der Waals surface area (Å²) >= 11 is 0. The van der Waals surface area contributed by atoms with E-state index in [4.69, 9.17) is 14.8 Å². The fraction of sp³-hybridized carbons (Fsp3) is 0.825. The quantitative estimate of drug-likeness (QED) is 0.0184. The summed E-state index contributed by atoms with van der Waals surface area (Å²) in [6, 6.07) is -0.987. The Kier molecular flexibility index (Phi) is 35.1. The van der Waals surface area contributed by atoms with Gasteiger partial charge in [-0.3, -0.25) is 13.8 Å². The number of aliphatic hydroxyl groups is 2. The first kappa shape index (κ1) is 48.7. The van der Waals surface area contributed by atoms with E-state index in [0.717, 1.165) is 57.8 Å². The Morgan fingerprint density at radius 3 is 1.70 bits per heavy atom. The van der Waals surface area contributed by atoms with Gasteiger partial charge in [0.1, 0.15) is 0 Å². The van der Waals surface area contributed by atoms with Crippen molar-refractivity contribution in [3.05, 3.63) is 36.5 Å². The van der Waals surface area contributed by atoms with Crippen molar-refractivity contribution in [1.82, 2.24) is 5.32 Å². The summed E-state index contributed by atoms with van der Waals surface area (Å²) in [6.45, 7) is 3.91. The number of hydrogen-bond acceptors (Lipinski definition) is 7. The average Bonchev–Trinajstić information content (AvgIpc) is 3.09. The van der Waals surface area contributed by atoms with E-state index in [2.05, 4.69) is 43.5 Å². The van der Waals surface area contributed by atoms with Crippen LogP contribution in [0.1, 0.15) is 174 Å². The summed E-state index contributed by atoms with van der Waals surface area (Å²) < 4.78 is 22.0. The van der Waals surface area contributed by atoms with Gasteiger partial charge in [-0.1, -0.05) is 159 Å². The first-order chi connectivity index (χ1) is 24.3. The number of phosphoric acid groups is 1. The Labute approximate surface area is 306 Å². The van der Waals surface area contributed by atoms with Crippen molar-refractivity contribution < 1.29 is 33.5 Å². The maximum Gasteiger partial charge on any atom is 0.472 e. The maximum atomic E-state index is 12.8. The Morgan fingerprint density at radius 2 is 1.16 bits per heavy atom. The van der Waals surface area contributed by atoms with Gasteiger partial charge >= 0.3 is 7.82 Å². The lowest BCUT2D eigenvalue weighted by atomic mass is 10.0. The normalized spacial score (nSPS) is 15.2. The van der Waals surface area contributed by atoms with Crippen molar-refractivity contribution in [3.63, 3.8) is 0 Å². The monoisotopic (exact) mass is 729 g/mol. The molecular formula is C40H77N2O7P. The lowest BCUT2D eigenvalue weighted by molar-refractivity contribution is -0.124. The fourth-order valence-corrected chi connectivity index (χ4v) is 6.45. The second kappa shape index (κ2) is 36.1. The first-order valence-electron chi connectivity index (χ1n) is 20.2. The zero-order valence-corrected chi connectivity index (χ0v) is 32.9. The van der Waals surface area contributed by atoms with Gasteiger partial charge < -0.3 is 26.2 Å². The Balaban J connectivity index is 4.44. The molecule has 0 saturated heterocycles. The molecule has 294 valence electrons. The minimum absolute atomic E-state index is 0.0461. The van der Waals surface area contributed by atoms with E-state index >= 15 is 0 Å². The number of nitrogens with two attached hydrogens (primary N) is 1. The molecule has 4 atom stereocenters. The van der Waals surface area contributed by atoms with E-state index < -0.39 is 38.6 Å². The van der Waals surface area contributed by atoms with E-state index in [1.54, 1.807) is 6.08 Å². The van der Waals surface area contributed by atoms with Crippen LogP contribution in [0, 0.1) is 0 Å². The number of phosphoric ester groups is 1. The molecule has 10 heteroatoms. The number of unbranched alkanes of at least 4 members (excludes halogenated alkanes) is 20. The molecule has 0 heterocycles. The van der Waals surface area contributed by atoms with Crippen LogP contribution in [0.15, 0.2) is 36.5 Å². The predicted molar refractivity (Wildman–Crippen MR) is 209 cm³/mol. The molecule has 0 spiro atoms. The molecular weight excluding hydrogens is 651 g/mol. The third-order valence-electron chi connectivity index (χ3n) is 8.79. The number of aliphatic hydroxyl groups excluding tert-OH is 2. The van der Waals surface area contributed by atoms with Crippen molar-refractivity contribution in [3.8, 4) is 0 Å². The topological polar surface area (TPSA) is 151 Å². The third-order valence-corrected chi connectivity index (χ3v) is 9.78. The summed E-state index contributed by atoms with van der Waals surface area (Å²) in [4.78, 5) is 22.7. The molecule has 0 saturated carbocycles. The molecule has 0 fully saturated rings. The summed E-state index contributed by atoms with van der Waals surface area (Å²) in [7, 11) is -4.40. The van der Waals surface area contributed by atoms with Gasteiger partial charge in [0.15, 0.2) is 0 Å². The number of hydrogen-bond donors (Lipinski definition) is 5. The number of carbonyl (C=O) groups excluding carboxylic acids is 1. The summed E-state index contributed by atoms with van der Waals surface area (Å²) in [6.07, 6.45) is 37.9. The largest absolute Gasteiger partial charge is 0.472 e. The van der Waals surface area contributed by atoms with Crippen LogP contribution >= 0.6 is 7.82 Å². The zero-order chi connectivity index (χ0) is 37.0. The average molecular weight is 729 g/mol. The van der Waals surface area contributed by atoms with E-state index in [0.29, 0.717) is 6.42 Å². The second-order valence-corrected chi connectivity index (χ2v) is 15.2. The Morgan fingerprint density at radius 1 is 0.700 bits per heavy atom. The van der Waals surface area contributed by atoms with Crippen LogP contribution < -0.4 is 11.1 Å². The van der Waals surface area contributed by atoms with Gasteiger partial charge in [0.25, 0.3) is 0 Å². The molecule has 6 N–H and O–H groups in total. The van der Waals surface area contributed by atoms with Crippen LogP contribution in [-0.4, -0.2) is 59.0 Å². The van der Waals surface area contributed by atoms with Crippen LogP contribution in [0.4, 0.5) is 0 Å². The number of carbonyl (C=O) groups is 1. The molecule has 0 aliphatic heterocycles. The predicted octanol–water partition coefficient (Wildman–Crippen LogP) is 9.75. The molecule has 0 aromatic heterocycles. The standard InChI is InChI=1S/C40H77N2O7P/c1-3-5-7-9-11-13-15-17-18-20-22-24-26-28-30-32-39(44)38(36-49-50(46,47)48-34-33-41)42-40(45)35-37(43)31-29-27-25-23-21-19-16-14-12-10-8-6-4-2/h12,14,16,19,30,32,37-39,43-44H,3-11,13,15,17-18,20-29,31,33-36,41H2,1-2H3,(H,42,45)(H,46,47)/b14-12-,19-16-,32-30+. The molecule has 0 aromatic rings. The van der Waals surface area contributed by atoms with Crippen molar-refractivity contribution in [2.24, 2.45) is 5.73 Å². The van der Waals surface area contributed by atoms with Gasteiger partial charge in [-0.25, -0.2) is 4.57 Å². The lowest BCUT2D eigenvalue weighted by Crippen LogP contribution is -2.46. The van der Waals surface area contributed by atoms with Gasteiger partial charge in [0, 0.05) is 6.54 Å². The lowest BCUT2D eigenvalue weighted by Gasteiger charge is -2.24. The molecule has 50 heavy (non-hydrogen) atoms. The number of nitrogens with one attached hydrogen (secondary N) is 1. The van der Waals surface area contributed by atoms with Crippen molar-refractivity contribution >= 4 is 13.7 Å². The Bertz CT molecular complexity index is 899. The highest BCUT2D eigenvalue weighted by molar-refractivity contribution is 7.47. The van der Waals surface area contributed by atoms with Crippen LogP contribution in [0.5, 0.6) is 0 Å². The molecule has 0 rings (SSSR count). The molecule has 0 aliphatic rings. The highest BCUT2D eigenvalue weighted by atomic mass is 31.2. The van der Waals surface area contributed by atoms with Crippen LogP contribution in [0.3, 0.4) is 0 Å². The summed E-state index contributed by atoms with van der Waals surface area (Å²) in [5.74, 6) is -0.460. The van der Waals surface area contributed by atoms with Gasteiger partial charge in [0.2, 0.25) is 5.91 Å². The van der Waals surface area contributed by atoms with Crippen LogP contribution in [-0.2, 0) is 18.4 Å². The van der Waals surface area contributed by atoms with Gasteiger partial charge in [0.05, 0.1) is 37.9 Å². The first-order valence-corrected chi connectivity index (χ1v) is 21.7. The van der Waals surface area contributed by atoms with Crippen LogP contribution in [0.2, 0.25) is 0 Å². The molecule has 0 bridgehead atoms. The van der Waals surface area contributed by atoms with Gasteiger partial charge in [-0.05, 0) is 44.9 Å².